The van der Waals surface area contributed by atoms with Crippen LogP contribution < -0.4 is 11.1 Å². The highest BCUT2D eigenvalue weighted by atomic mass is 127. The van der Waals surface area contributed by atoms with Crippen molar-refractivity contribution in [2.24, 2.45) is 10.7 Å². The molecule has 3 N–H and O–H groups in total. The van der Waals surface area contributed by atoms with Crippen molar-refractivity contribution in [1.29, 1.82) is 0 Å². The molecule has 0 bridgehead atoms. The maximum atomic E-state index is 5.96. The molecule has 6 heteroatoms. The minimum Gasteiger partial charge on any atom is -0.444 e. The van der Waals surface area contributed by atoms with Gasteiger partial charge in [0.15, 0.2) is 5.96 Å². The number of aromatic nitrogens is 1. The molecule has 26 heavy (non-hydrogen) atoms. The van der Waals surface area contributed by atoms with Gasteiger partial charge in [-0.05, 0) is 56.2 Å². The van der Waals surface area contributed by atoms with E-state index in [1.54, 1.807) is 6.26 Å². The maximum Gasteiger partial charge on any atom is 0.226 e. The summed E-state index contributed by atoms with van der Waals surface area (Å²) in [7, 11) is 0. The zero-order valence-electron chi connectivity index (χ0n) is 15.1. The molecule has 0 spiro atoms. The number of benzene rings is 2. The summed E-state index contributed by atoms with van der Waals surface area (Å²) >= 11 is 0. The Kier molecular flexibility index (Phi) is 6.79. The molecule has 0 unspecified atom stereocenters. The first-order valence-electron chi connectivity index (χ1n) is 8.17. The molecule has 136 valence electrons. The highest BCUT2D eigenvalue weighted by molar-refractivity contribution is 14.0. The number of oxazole rings is 1. The number of hydrogen-bond donors (Lipinski definition) is 2. The zero-order valence-corrected chi connectivity index (χ0v) is 17.4. The first kappa shape index (κ1) is 20.0. The molecule has 0 aliphatic rings. The summed E-state index contributed by atoms with van der Waals surface area (Å²) in [6.45, 7) is 6.55. The highest BCUT2D eigenvalue weighted by Gasteiger charge is 2.06. The molecular weight excluding hydrogens is 439 g/mol. The summed E-state index contributed by atoms with van der Waals surface area (Å²) < 4.78 is 5.53. The molecule has 0 saturated carbocycles. The van der Waals surface area contributed by atoms with Crippen LogP contribution in [0.2, 0.25) is 0 Å². The molecule has 0 saturated heterocycles. The fraction of sp³-hybridized carbons (Fsp3) is 0.200. The lowest BCUT2D eigenvalue weighted by Gasteiger charge is -2.07. The van der Waals surface area contributed by atoms with Crippen molar-refractivity contribution in [3.8, 4) is 11.5 Å². The third-order valence-corrected chi connectivity index (χ3v) is 4.04. The average Bonchev–Trinajstić information content (AvgIpc) is 3.06. The fourth-order valence-electron chi connectivity index (χ4n) is 2.38. The van der Waals surface area contributed by atoms with Crippen LogP contribution >= 0.6 is 24.0 Å². The van der Waals surface area contributed by atoms with Crippen molar-refractivity contribution < 1.29 is 4.42 Å². The summed E-state index contributed by atoms with van der Waals surface area (Å²) in [5.41, 5.74) is 12.2. The average molecular weight is 462 g/mol. The molecule has 1 aromatic heterocycles. The Morgan fingerprint density at radius 2 is 1.81 bits per heavy atom. The Morgan fingerprint density at radius 1 is 1.08 bits per heavy atom. The number of nitrogens with zero attached hydrogens (tertiary/aromatic N) is 2. The molecule has 0 atom stereocenters. The van der Waals surface area contributed by atoms with Crippen molar-refractivity contribution in [3.63, 3.8) is 0 Å². The van der Waals surface area contributed by atoms with Crippen LogP contribution in [0.1, 0.15) is 22.4 Å². The number of aliphatic imine (C=N–C) groups is 1. The number of guanidine groups is 1. The second-order valence-corrected chi connectivity index (χ2v) is 6.14. The lowest BCUT2D eigenvalue weighted by molar-refractivity contribution is 0.572. The van der Waals surface area contributed by atoms with E-state index in [1.165, 1.54) is 16.7 Å². The van der Waals surface area contributed by atoms with Crippen molar-refractivity contribution >= 4 is 35.6 Å². The van der Waals surface area contributed by atoms with Gasteiger partial charge in [0.25, 0.3) is 0 Å². The molecule has 5 nitrogen and oxygen atoms in total. The number of nitrogens with one attached hydrogen (secondary N) is 1. The highest BCUT2D eigenvalue weighted by Crippen LogP contribution is 2.19. The van der Waals surface area contributed by atoms with E-state index in [0.717, 1.165) is 16.9 Å². The van der Waals surface area contributed by atoms with Gasteiger partial charge >= 0.3 is 0 Å². The Morgan fingerprint density at radius 3 is 2.50 bits per heavy atom. The van der Waals surface area contributed by atoms with E-state index in [2.05, 4.69) is 35.2 Å². The third kappa shape index (κ3) is 5.08. The summed E-state index contributed by atoms with van der Waals surface area (Å²) in [6.07, 6.45) is 1.61. The van der Waals surface area contributed by atoms with E-state index in [4.69, 9.17) is 10.2 Å². The summed E-state index contributed by atoms with van der Waals surface area (Å²) in [6, 6.07) is 14.1. The molecule has 0 amide bonds. The monoisotopic (exact) mass is 462 g/mol. The minimum absolute atomic E-state index is 0. The van der Waals surface area contributed by atoms with Gasteiger partial charge in [-0.25, -0.2) is 9.98 Å². The summed E-state index contributed by atoms with van der Waals surface area (Å²) in [5, 5.41) is 3.09. The Labute approximate surface area is 170 Å². The van der Waals surface area contributed by atoms with Gasteiger partial charge in [0.2, 0.25) is 5.89 Å². The first-order valence-corrected chi connectivity index (χ1v) is 8.17. The van der Waals surface area contributed by atoms with Crippen LogP contribution in [0, 0.1) is 20.8 Å². The quantitative estimate of drug-likeness (QED) is 0.332. The molecule has 0 radical (unpaired) electrons. The van der Waals surface area contributed by atoms with Crippen LogP contribution in [0.5, 0.6) is 0 Å². The molecule has 0 aliphatic carbocycles. The number of halogens is 1. The second-order valence-electron chi connectivity index (χ2n) is 6.14. The van der Waals surface area contributed by atoms with E-state index in [9.17, 15) is 0 Å². The normalized spacial score (nSPS) is 11.1. The standard InChI is InChI=1S/C20H22N4O.HI/c1-13-4-7-16(8-5-13)19-23-18(12-25-19)11-22-20(21)24-17-9-6-14(2)15(3)10-17;/h4-10,12H,11H2,1-3H3,(H3,21,22,24);1H. The van der Waals surface area contributed by atoms with Gasteiger partial charge in [0.1, 0.15) is 12.0 Å². The van der Waals surface area contributed by atoms with Crippen LogP contribution in [0.25, 0.3) is 11.5 Å². The van der Waals surface area contributed by atoms with E-state index in [0.29, 0.717) is 18.4 Å². The molecule has 1 heterocycles. The van der Waals surface area contributed by atoms with E-state index in [-0.39, 0.29) is 24.0 Å². The van der Waals surface area contributed by atoms with Crippen LogP contribution in [0.15, 0.2) is 58.1 Å². The molecule has 3 rings (SSSR count). The van der Waals surface area contributed by atoms with Crippen molar-refractivity contribution in [1.82, 2.24) is 4.98 Å². The van der Waals surface area contributed by atoms with Crippen LogP contribution in [-0.4, -0.2) is 10.9 Å². The van der Waals surface area contributed by atoms with E-state index >= 15 is 0 Å². The summed E-state index contributed by atoms with van der Waals surface area (Å²) in [4.78, 5) is 8.78. The molecule has 0 aliphatic heterocycles. The van der Waals surface area contributed by atoms with E-state index in [1.807, 2.05) is 43.3 Å². The number of anilines is 1. The number of nitrogens with two attached hydrogens (primary N) is 1. The van der Waals surface area contributed by atoms with Crippen molar-refractivity contribution in [2.75, 3.05) is 5.32 Å². The first-order chi connectivity index (χ1) is 12.0. The number of aryl methyl sites for hydroxylation is 3. The Bertz CT molecular complexity index is 900. The van der Waals surface area contributed by atoms with Gasteiger partial charge in [0, 0.05) is 11.3 Å². The van der Waals surface area contributed by atoms with Gasteiger partial charge in [-0.1, -0.05) is 23.8 Å². The number of rotatable bonds is 4. The Balaban J connectivity index is 0.00000243. The lowest BCUT2D eigenvalue weighted by Crippen LogP contribution is -2.22. The summed E-state index contributed by atoms with van der Waals surface area (Å²) in [5.74, 6) is 0.939. The molecular formula is C20H23IN4O. The fourth-order valence-corrected chi connectivity index (χ4v) is 2.38. The smallest absolute Gasteiger partial charge is 0.226 e. The molecule has 2 aromatic carbocycles. The Hall–Kier alpha value is -2.35. The second kappa shape index (κ2) is 8.84. The topological polar surface area (TPSA) is 76.4 Å². The third-order valence-electron chi connectivity index (χ3n) is 4.04. The van der Waals surface area contributed by atoms with Crippen LogP contribution in [0.4, 0.5) is 5.69 Å². The predicted octanol–water partition coefficient (Wildman–Crippen LogP) is 4.81. The molecule has 3 aromatic rings. The van der Waals surface area contributed by atoms with Crippen molar-refractivity contribution in [2.45, 2.75) is 27.3 Å². The maximum absolute atomic E-state index is 5.96. The van der Waals surface area contributed by atoms with Crippen molar-refractivity contribution in [3.05, 3.63) is 71.1 Å². The van der Waals surface area contributed by atoms with E-state index < -0.39 is 0 Å². The lowest BCUT2D eigenvalue weighted by atomic mass is 10.1. The largest absolute Gasteiger partial charge is 0.444 e. The van der Waals surface area contributed by atoms with Crippen LogP contribution in [0.3, 0.4) is 0 Å². The van der Waals surface area contributed by atoms with Gasteiger partial charge in [0.05, 0.1) is 6.54 Å². The zero-order chi connectivity index (χ0) is 17.8. The van der Waals surface area contributed by atoms with Gasteiger partial charge in [-0.15, -0.1) is 24.0 Å². The van der Waals surface area contributed by atoms with Gasteiger partial charge in [-0.2, -0.15) is 0 Å². The number of hydrogen-bond acceptors (Lipinski definition) is 3. The SMILES string of the molecule is Cc1ccc(-c2nc(CN=C(N)Nc3ccc(C)c(C)c3)co2)cc1.I. The predicted molar refractivity (Wildman–Crippen MR) is 117 cm³/mol. The van der Waals surface area contributed by atoms with Crippen LogP contribution in [-0.2, 0) is 6.54 Å². The minimum atomic E-state index is 0. The van der Waals surface area contributed by atoms with Gasteiger partial charge in [-0.3, -0.25) is 0 Å². The van der Waals surface area contributed by atoms with Gasteiger partial charge < -0.3 is 15.5 Å². The molecule has 0 fully saturated rings.